The number of para-hydroxylation sites is 1. The molecule has 4 heteroatoms. The van der Waals surface area contributed by atoms with Gasteiger partial charge in [0.25, 0.3) is 5.91 Å². The third-order valence-corrected chi connectivity index (χ3v) is 5.49. The molecule has 1 N–H and O–H groups in total. The maximum absolute atomic E-state index is 13.3. The number of rotatable bonds is 5. The van der Waals surface area contributed by atoms with Crippen molar-refractivity contribution >= 4 is 17.4 Å². The van der Waals surface area contributed by atoms with Gasteiger partial charge in [-0.05, 0) is 25.5 Å². The van der Waals surface area contributed by atoms with E-state index in [9.17, 15) is 14.7 Å². The Morgan fingerprint density at radius 2 is 1.48 bits per heavy atom. The first-order valence-corrected chi connectivity index (χ1v) is 9.68. The molecule has 29 heavy (non-hydrogen) atoms. The predicted octanol–water partition coefficient (Wildman–Crippen LogP) is 4.31. The van der Waals surface area contributed by atoms with Crippen LogP contribution >= 0.6 is 0 Å². The van der Waals surface area contributed by atoms with Crippen LogP contribution in [-0.4, -0.2) is 16.8 Å². The maximum Gasteiger partial charge on any atom is 0.264 e. The first-order chi connectivity index (χ1) is 13.9. The standard InChI is InChI=1S/C25H23NO3/c1-17-7-11-19(12-8-17)16-26-22-6-4-3-5-21(22)25(29,24(26)28)15-23(27)20-13-9-18(2)10-14-20/h3-14,29H,15-16H2,1-2H3/t25-/m0/s1. The summed E-state index contributed by atoms with van der Waals surface area (Å²) >= 11 is 0. The molecule has 1 atom stereocenters. The largest absolute Gasteiger partial charge is 0.375 e. The van der Waals surface area contributed by atoms with Crippen LogP contribution in [0.4, 0.5) is 5.69 Å². The lowest BCUT2D eigenvalue weighted by Gasteiger charge is -2.23. The minimum Gasteiger partial charge on any atom is -0.375 e. The van der Waals surface area contributed by atoms with Gasteiger partial charge >= 0.3 is 0 Å². The third-order valence-electron chi connectivity index (χ3n) is 5.49. The first-order valence-electron chi connectivity index (χ1n) is 9.68. The zero-order chi connectivity index (χ0) is 20.6. The number of fused-ring (bicyclic) bond motifs is 1. The van der Waals surface area contributed by atoms with Crippen molar-refractivity contribution in [3.05, 3.63) is 101 Å². The average molecular weight is 385 g/mol. The van der Waals surface area contributed by atoms with Gasteiger partial charge in [0.05, 0.1) is 18.7 Å². The van der Waals surface area contributed by atoms with Gasteiger partial charge in [-0.2, -0.15) is 0 Å². The smallest absolute Gasteiger partial charge is 0.264 e. The van der Waals surface area contributed by atoms with Crippen molar-refractivity contribution in [2.75, 3.05) is 4.90 Å². The zero-order valence-corrected chi connectivity index (χ0v) is 16.6. The normalized spacial score (nSPS) is 18.0. The molecule has 4 rings (SSSR count). The highest BCUT2D eigenvalue weighted by Gasteiger charge is 2.50. The lowest BCUT2D eigenvalue weighted by atomic mass is 9.88. The highest BCUT2D eigenvalue weighted by atomic mass is 16.3. The number of hydrogen-bond donors (Lipinski definition) is 1. The van der Waals surface area contributed by atoms with Gasteiger partial charge < -0.3 is 10.0 Å². The summed E-state index contributed by atoms with van der Waals surface area (Å²) in [5.41, 5.74) is 2.92. The Balaban J connectivity index is 1.66. The van der Waals surface area contributed by atoms with E-state index >= 15 is 0 Å². The molecule has 1 amide bonds. The number of carbonyl (C=O) groups excluding carboxylic acids is 2. The number of carbonyl (C=O) groups is 2. The Kier molecular flexibility index (Phi) is 4.81. The lowest BCUT2D eigenvalue weighted by Crippen LogP contribution is -2.41. The molecular weight excluding hydrogens is 362 g/mol. The number of Topliss-reactive ketones (excluding diaryl/α,β-unsaturated/α-hetero) is 1. The van der Waals surface area contributed by atoms with E-state index in [1.165, 1.54) is 0 Å². The number of amides is 1. The van der Waals surface area contributed by atoms with E-state index in [1.54, 1.807) is 29.2 Å². The van der Waals surface area contributed by atoms with Crippen molar-refractivity contribution < 1.29 is 14.7 Å². The van der Waals surface area contributed by atoms with Crippen molar-refractivity contribution in [3.63, 3.8) is 0 Å². The van der Waals surface area contributed by atoms with Crippen LogP contribution in [0.1, 0.15) is 39.0 Å². The van der Waals surface area contributed by atoms with Crippen LogP contribution in [0.2, 0.25) is 0 Å². The number of aliphatic hydroxyl groups is 1. The SMILES string of the molecule is Cc1ccc(CN2C(=O)[C@](O)(CC(=O)c3ccc(C)cc3)c3ccccc32)cc1. The Morgan fingerprint density at radius 3 is 2.14 bits per heavy atom. The second-order valence-corrected chi connectivity index (χ2v) is 7.72. The second kappa shape index (κ2) is 7.30. The predicted molar refractivity (Wildman–Crippen MR) is 113 cm³/mol. The lowest BCUT2D eigenvalue weighted by molar-refractivity contribution is -0.136. The number of benzene rings is 3. The van der Waals surface area contributed by atoms with Crippen molar-refractivity contribution in [1.82, 2.24) is 0 Å². The second-order valence-electron chi connectivity index (χ2n) is 7.72. The monoisotopic (exact) mass is 385 g/mol. The molecule has 0 spiro atoms. The summed E-state index contributed by atoms with van der Waals surface area (Å²) in [6.07, 6.45) is -0.281. The third kappa shape index (κ3) is 3.47. The molecule has 4 nitrogen and oxygen atoms in total. The van der Waals surface area contributed by atoms with E-state index in [1.807, 2.05) is 62.4 Å². The number of hydrogen-bond acceptors (Lipinski definition) is 3. The Hall–Kier alpha value is -3.24. The Labute approximate surface area is 170 Å². The fourth-order valence-corrected chi connectivity index (χ4v) is 3.78. The molecular formula is C25H23NO3. The summed E-state index contributed by atoms with van der Waals surface area (Å²) in [5, 5.41) is 11.4. The van der Waals surface area contributed by atoms with E-state index in [2.05, 4.69) is 0 Å². The van der Waals surface area contributed by atoms with Crippen molar-refractivity contribution in [3.8, 4) is 0 Å². The van der Waals surface area contributed by atoms with Gasteiger partial charge in [0.1, 0.15) is 0 Å². The molecule has 0 unspecified atom stereocenters. The highest BCUT2D eigenvalue weighted by Crippen LogP contribution is 2.43. The highest BCUT2D eigenvalue weighted by molar-refractivity contribution is 6.10. The van der Waals surface area contributed by atoms with Gasteiger partial charge in [-0.1, -0.05) is 77.9 Å². The summed E-state index contributed by atoms with van der Waals surface area (Å²) < 4.78 is 0. The molecule has 0 saturated heterocycles. The van der Waals surface area contributed by atoms with Gasteiger partial charge in [0, 0.05) is 11.1 Å². The van der Waals surface area contributed by atoms with Crippen LogP contribution in [0.5, 0.6) is 0 Å². The summed E-state index contributed by atoms with van der Waals surface area (Å²) in [6.45, 7) is 4.30. The van der Waals surface area contributed by atoms with Gasteiger partial charge in [-0.15, -0.1) is 0 Å². The molecule has 1 aliphatic rings. The number of anilines is 1. The van der Waals surface area contributed by atoms with Gasteiger partial charge in [0.15, 0.2) is 11.4 Å². The fraction of sp³-hybridized carbons (Fsp3) is 0.200. The van der Waals surface area contributed by atoms with Crippen LogP contribution < -0.4 is 4.90 Å². The molecule has 3 aromatic carbocycles. The minimum atomic E-state index is -1.86. The van der Waals surface area contributed by atoms with Crippen molar-refractivity contribution in [1.29, 1.82) is 0 Å². The quantitative estimate of drug-likeness (QED) is 0.666. The summed E-state index contributed by atoms with van der Waals surface area (Å²) in [5.74, 6) is -0.715. The summed E-state index contributed by atoms with van der Waals surface area (Å²) in [6, 6.07) is 22.3. The van der Waals surface area contributed by atoms with Crippen LogP contribution in [0.15, 0.2) is 72.8 Å². The molecule has 1 heterocycles. The first kappa shape index (κ1) is 19.1. The molecule has 0 fully saturated rings. The van der Waals surface area contributed by atoms with Gasteiger partial charge in [-0.3, -0.25) is 9.59 Å². The Morgan fingerprint density at radius 1 is 0.897 bits per heavy atom. The maximum atomic E-state index is 13.3. The van der Waals surface area contributed by atoms with Crippen molar-refractivity contribution in [2.24, 2.45) is 0 Å². The van der Waals surface area contributed by atoms with E-state index < -0.39 is 11.5 Å². The van der Waals surface area contributed by atoms with Crippen LogP contribution in [0, 0.1) is 13.8 Å². The molecule has 0 aliphatic carbocycles. The Bertz CT molecular complexity index is 1070. The van der Waals surface area contributed by atoms with E-state index in [4.69, 9.17) is 0 Å². The topological polar surface area (TPSA) is 57.6 Å². The molecule has 0 saturated carbocycles. The zero-order valence-electron chi connectivity index (χ0n) is 16.6. The van der Waals surface area contributed by atoms with E-state index in [0.29, 0.717) is 23.4 Å². The van der Waals surface area contributed by atoms with Crippen LogP contribution in [-0.2, 0) is 16.9 Å². The molecule has 3 aromatic rings. The molecule has 0 bridgehead atoms. The van der Waals surface area contributed by atoms with Gasteiger partial charge in [-0.25, -0.2) is 0 Å². The molecule has 0 aromatic heterocycles. The average Bonchev–Trinajstić information content (AvgIpc) is 2.92. The summed E-state index contributed by atoms with van der Waals surface area (Å²) in [7, 11) is 0. The number of aryl methyl sites for hydroxylation is 2. The molecule has 146 valence electrons. The minimum absolute atomic E-state index is 0.257. The molecule has 0 radical (unpaired) electrons. The number of nitrogens with zero attached hydrogens (tertiary/aromatic N) is 1. The van der Waals surface area contributed by atoms with E-state index in [-0.39, 0.29) is 12.2 Å². The van der Waals surface area contributed by atoms with Crippen LogP contribution in [0.25, 0.3) is 0 Å². The van der Waals surface area contributed by atoms with Crippen LogP contribution in [0.3, 0.4) is 0 Å². The van der Waals surface area contributed by atoms with Gasteiger partial charge in [0.2, 0.25) is 0 Å². The number of ketones is 1. The van der Waals surface area contributed by atoms with E-state index in [0.717, 1.165) is 16.7 Å². The van der Waals surface area contributed by atoms with Crippen molar-refractivity contribution in [2.45, 2.75) is 32.4 Å². The molecule has 1 aliphatic heterocycles. The fourth-order valence-electron chi connectivity index (χ4n) is 3.78. The summed E-state index contributed by atoms with van der Waals surface area (Å²) in [4.78, 5) is 27.7.